The number of ether oxygens (including phenoxy) is 1. The van der Waals surface area contributed by atoms with E-state index in [0.29, 0.717) is 12.3 Å². The average molecular weight is 353 g/mol. The van der Waals surface area contributed by atoms with Crippen LogP contribution in [-0.4, -0.2) is 38.7 Å². The predicted octanol–water partition coefficient (Wildman–Crippen LogP) is 2.31. The number of methoxy groups -OCH3 is 1. The molecule has 1 aromatic heterocycles. The van der Waals surface area contributed by atoms with E-state index in [1.165, 1.54) is 38.7 Å². The topological polar surface area (TPSA) is 54.7 Å². The maximum atomic E-state index is 11.7. The fraction of sp³-hybridized carbons (Fsp3) is 0.667. The van der Waals surface area contributed by atoms with Crippen molar-refractivity contribution in [2.45, 2.75) is 25.8 Å². The Balaban J connectivity index is 0.00000220. The molecule has 0 spiro atoms. The standard InChI is InChI=1S/C15H24N2O3.2ClH/c1-16-6-3-12-4-7-17(8-5-12)10-13-9-14(18)15(19-2)11-20-13;;/h9,11-12,16H,3-8,10H2,1-2H3;2*1H. The van der Waals surface area contributed by atoms with Gasteiger partial charge in [-0.05, 0) is 51.9 Å². The lowest BCUT2D eigenvalue weighted by Gasteiger charge is -2.31. The molecule has 1 N–H and O–H groups in total. The minimum atomic E-state index is -0.113. The van der Waals surface area contributed by atoms with E-state index in [1.54, 1.807) is 0 Å². The highest BCUT2D eigenvalue weighted by molar-refractivity contribution is 5.85. The lowest BCUT2D eigenvalue weighted by atomic mass is 9.93. The molecule has 22 heavy (non-hydrogen) atoms. The van der Waals surface area contributed by atoms with Crippen LogP contribution in [0.5, 0.6) is 5.75 Å². The number of hydrogen-bond acceptors (Lipinski definition) is 5. The summed E-state index contributed by atoms with van der Waals surface area (Å²) >= 11 is 0. The molecule has 0 saturated carbocycles. The number of hydrogen-bond donors (Lipinski definition) is 1. The van der Waals surface area contributed by atoms with E-state index in [0.717, 1.165) is 25.6 Å². The highest BCUT2D eigenvalue weighted by atomic mass is 35.5. The third-order valence-electron chi connectivity index (χ3n) is 3.96. The van der Waals surface area contributed by atoms with Gasteiger partial charge >= 0.3 is 0 Å². The summed E-state index contributed by atoms with van der Waals surface area (Å²) in [5.74, 6) is 1.80. The number of nitrogens with zero attached hydrogens (tertiary/aromatic N) is 1. The van der Waals surface area contributed by atoms with Crippen LogP contribution < -0.4 is 15.5 Å². The molecule has 0 amide bonds. The molecule has 128 valence electrons. The monoisotopic (exact) mass is 352 g/mol. The van der Waals surface area contributed by atoms with Crippen molar-refractivity contribution in [2.24, 2.45) is 5.92 Å². The lowest BCUT2D eigenvalue weighted by Crippen LogP contribution is -2.34. The molecule has 0 aromatic carbocycles. The van der Waals surface area contributed by atoms with Gasteiger partial charge in [-0.1, -0.05) is 0 Å². The molecule has 0 aliphatic carbocycles. The van der Waals surface area contributed by atoms with Gasteiger partial charge < -0.3 is 14.5 Å². The normalized spacial score (nSPS) is 15.7. The van der Waals surface area contributed by atoms with E-state index in [4.69, 9.17) is 9.15 Å². The van der Waals surface area contributed by atoms with Crippen LogP contribution in [0.4, 0.5) is 0 Å². The van der Waals surface area contributed by atoms with Crippen LogP contribution in [0.1, 0.15) is 25.0 Å². The summed E-state index contributed by atoms with van der Waals surface area (Å²) in [5, 5.41) is 3.21. The van der Waals surface area contributed by atoms with Gasteiger partial charge in [0.05, 0.1) is 13.7 Å². The second-order valence-electron chi connectivity index (χ2n) is 5.39. The van der Waals surface area contributed by atoms with Crippen molar-refractivity contribution >= 4 is 24.8 Å². The summed E-state index contributed by atoms with van der Waals surface area (Å²) in [6.45, 7) is 3.95. The number of piperidine rings is 1. The molecule has 0 radical (unpaired) electrons. The molecule has 0 bridgehead atoms. The molecule has 0 unspecified atom stereocenters. The Labute approximate surface area is 144 Å². The maximum Gasteiger partial charge on any atom is 0.227 e. The molecule has 1 saturated heterocycles. The van der Waals surface area contributed by atoms with Gasteiger partial charge in [-0.3, -0.25) is 9.69 Å². The number of rotatable bonds is 6. The second kappa shape index (κ2) is 10.9. The molecular formula is C15H26Cl2N2O3. The lowest BCUT2D eigenvalue weighted by molar-refractivity contribution is 0.160. The fourth-order valence-corrected chi connectivity index (χ4v) is 2.67. The second-order valence-corrected chi connectivity index (χ2v) is 5.39. The van der Waals surface area contributed by atoms with Crippen molar-refractivity contribution in [1.29, 1.82) is 0 Å². The van der Waals surface area contributed by atoms with Crippen LogP contribution in [0.3, 0.4) is 0 Å². The third kappa shape index (κ3) is 6.16. The Morgan fingerprint density at radius 3 is 2.59 bits per heavy atom. The van der Waals surface area contributed by atoms with Crippen LogP contribution in [-0.2, 0) is 6.54 Å². The quantitative estimate of drug-likeness (QED) is 0.851. The van der Waals surface area contributed by atoms with Gasteiger partial charge in [-0.25, -0.2) is 0 Å². The smallest absolute Gasteiger partial charge is 0.227 e. The first-order chi connectivity index (χ1) is 9.72. The maximum absolute atomic E-state index is 11.7. The van der Waals surface area contributed by atoms with E-state index < -0.39 is 0 Å². The summed E-state index contributed by atoms with van der Waals surface area (Å²) in [5.41, 5.74) is -0.113. The molecule has 2 heterocycles. The molecule has 1 aromatic rings. The molecule has 7 heteroatoms. The minimum Gasteiger partial charge on any atom is -0.490 e. The predicted molar refractivity (Wildman–Crippen MR) is 92.6 cm³/mol. The highest BCUT2D eigenvalue weighted by Crippen LogP contribution is 2.21. The first kappa shape index (κ1) is 21.2. The van der Waals surface area contributed by atoms with Crippen molar-refractivity contribution in [3.8, 4) is 5.75 Å². The van der Waals surface area contributed by atoms with Crippen molar-refractivity contribution in [2.75, 3.05) is 33.8 Å². The van der Waals surface area contributed by atoms with Crippen LogP contribution in [0.25, 0.3) is 0 Å². The Bertz CT molecular complexity index is 474. The van der Waals surface area contributed by atoms with E-state index in [-0.39, 0.29) is 36.0 Å². The summed E-state index contributed by atoms with van der Waals surface area (Å²) in [6.07, 6.45) is 5.10. The SMILES string of the molecule is CNCCC1CCN(Cc2cc(=O)c(OC)co2)CC1.Cl.Cl. The van der Waals surface area contributed by atoms with Crippen LogP contribution in [0.2, 0.25) is 0 Å². The van der Waals surface area contributed by atoms with Gasteiger partial charge in [0.15, 0.2) is 0 Å². The Morgan fingerprint density at radius 2 is 2.05 bits per heavy atom. The van der Waals surface area contributed by atoms with Gasteiger partial charge in [0, 0.05) is 6.07 Å². The van der Waals surface area contributed by atoms with E-state index in [9.17, 15) is 4.79 Å². The van der Waals surface area contributed by atoms with Crippen molar-refractivity contribution in [3.05, 3.63) is 28.3 Å². The van der Waals surface area contributed by atoms with Crippen LogP contribution >= 0.6 is 24.8 Å². The molecule has 2 rings (SSSR count). The van der Waals surface area contributed by atoms with E-state index >= 15 is 0 Å². The minimum absolute atomic E-state index is 0. The number of halogens is 2. The number of nitrogens with one attached hydrogen (secondary N) is 1. The fourth-order valence-electron chi connectivity index (χ4n) is 2.67. The van der Waals surface area contributed by atoms with Gasteiger partial charge in [-0.15, -0.1) is 24.8 Å². The zero-order valence-electron chi connectivity index (χ0n) is 13.2. The molecule has 0 atom stereocenters. The molecule has 5 nitrogen and oxygen atoms in total. The van der Waals surface area contributed by atoms with E-state index in [2.05, 4.69) is 10.2 Å². The third-order valence-corrected chi connectivity index (χ3v) is 3.96. The molecule has 1 aliphatic heterocycles. The summed E-state index contributed by atoms with van der Waals surface area (Å²) in [6, 6.07) is 1.53. The number of likely N-dealkylation sites (tertiary alicyclic amines) is 1. The highest BCUT2D eigenvalue weighted by Gasteiger charge is 2.19. The van der Waals surface area contributed by atoms with Crippen molar-refractivity contribution < 1.29 is 9.15 Å². The van der Waals surface area contributed by atoms with E-state index in [1.807, 2.05) is 7.05 Å². The van der Waals surface area contributed by atoms with Gasteiger partial charge in [-0.2, -0.15) is 0 Å². The Morgan fingerprint density at radius 1 is 1.36 bits per heavy atom. The molecular weight excluding hydrogens is 327 g/mol. The van der Waals surface area contributed by atoms with Gasteiger partial charge in [0.1, 0.15) is 12.0 Å². The van der Waals surface area contributed by atoms with Gasteiger partial charge in [0.2, 0.25) is 11.2 Å². The molecule has 1 aliphatic rings. The van der Waals surface area contributed by atoms with Crippen LogP contribution in [0.15, 0.2) is 21.5 Å². The first-order valence-corrected chi connectivity index (χ1v) is 7.25. The summed E-state index contributed by atoms with van der Waals surface area (Å²) < 4.78 is 10.4. The first-order valence-electron chi connectivity index (χ1n) is 7.25. The summed E-state index contributed by atoms with van der Waals surface area (Å²) in [4.78, 5) is 14.0. The molecule has 1 fully saturated rings. The van der Waals surface area contributed by atoms with Crippen LogP contribution in [0, 0.1) is 5.92 Å². The largest absolute Gasteiger partial charge is 0.490 e. The zero-order valence-corrected chi connectivity index (χ0v) is 14.8. The van der Waals surface area contributed by atoms with Gasteiger partial charge in [0.25, 0.3) is 0 Å². The van der Waals surface area contributed by atoms with Crippen molar-refractivity contribution in [1.82, 2.24) is 10.2 Å². The zero-order chi connectivity index (χ0) is 14.4. The average Bonchev–Trinajstić information content (AvgIpc) is 2.47. The summed E-state index contributed by atoms with van der Waals surface area (Å²) in [7, 11) is 3.47. The van der Waals surface area contributed by atoms with Crippen molar-refractivity contribution in [3.63, 3.8) is 0 Å². The Kier molecular flexibility index (Phi) is 10.5. The Hall–Kier alpha value is -0.750.